The van der Waals surface area contributed by atoms with E-state index in [0.717, 1.165) is 49.6 Å². The summed E-state index contributed by atoms with van der Waals surface area (Å²) in [7, 11) is 0. The maximum absolute atomic E-state index is 13.0. The Morgan fingerprint density at radius 3 is 2.93 bits per heavy atom. The van der Waals surface area contributed by atoms with Crippen LogP contribution in [0.3, 0.4) is 0 Å². The second-order valence-electron chi connectivity index (χ2n) is 7.16. The van der Waals surface area contributed by atoms with E-state index in [-0.39, 0.29) is 5.91 Å². The van der Waals surface area contributed by atoms with E-state index in [2.05, 4.69) is 26.7 Å². The largest absolute Gasteiger partial charge is 0.337 e. The number of thiazole rings is 1. The molecule has 1 amide bonds. The molecule has 4 rings (SSSR count). The van der Waals surface area contributed by atoms with Crippen molar-refractivity contribution in [1.82, 2.24) is 29.4 Å². The van der Waals surface area contributed by atoms with E-state index in [4.69, 9.17) is 0 Å². The summed E-state index contributed by atoms with van der Waals surface area (Å²) in [5.74, 6) is 0.0756. The number of piperidine rings is 1. The number of hydrogen-bond acceptors (Lipinski definition) is 5. The molecule has 0 saturated carbocycles. The topological polar surface area (TPSA) is 67.5 Å². The van der Waals surface area contributed by atoms with Gasteiger partial charge in [0.2, 0.25) is 0 Å². The van der Waals surface area contributed by atoms with Crippen LogP contribution in [0.4, 0.5) is 0 Å². The van der Waals surface area contributed by atoms with Gasteiger partial charge >= 0.3 is 0 Å². The summed E-state index contributed by atoms with van der Waals surface area (Å²) in [6.07, 6.45) is 10.2. The summed E-state index contributed by atoms with van der Waals surface area (Å²) < 4.78 is 3.99. The minimum atomic E-state index is 0.0756. The van der Waals surface area contributed by atoms with Crippen molar-refractivity contribution in [2.45, 2.75) is 51.7 Å². The summed E-state index contributed by atoms with van der Waals surface area (Å²) in [6.45, 7) is 5.36. The number of fused-ring (bicyclic) bond motifs is 1. The fourth-order valence-electron chi connectivity index (χ4n) is 3.55. The lowest BCUT2D eigenvalue weighted by Gasteiger charge is -2.26. The number of rotatable bonds is 7. The smallest absolute Gasteiger partial charge is 0.274 e. The van der Waals surface area contributed by atoms with Gasteiger partial charge in [0.25, 0.3) is 5.91 Å². The zero-order valence-corrected chi connectivity index (χ0v) is 16.5. The van der Waals surface area contributed by atoms with Gasteiger partial charge < -0.3 is 10.2 Å². The molecule has 3 aromatic rings. The fourth-order valence-corrected chi connectivity index (χ4v) is 4.28. The summed E-state index contributed by atoms with van der Waals surface area (Å²) in [4.78, 5) is 20.5. The van der Waals surface area contributed by atoms with Gasteiger partial charge in [-0.25, -0.2) is 4.98 Å². The molecule has 1 aliphatic rings. The predicted molar refractivity (Wildman–Crippen MR) is 106 cm³/mol. The van der Waals surface area contributed by atoms with Crippen molar-refractivity contribution >= 4 is 22.2 Å². The summed E-state index contributed by atoms with van der Waals surface area (Å²) in [5, 5.41) is 9.82. The molecule has 144 valence electrons. The first kappa shape index (κ1) is 18.2. The average molecular weight is 387 g/mol. The van der Waals surface area contributed by atoms with Crippen LogP contribution in [0.1, 0.15) is 48.8 Å². The highest BCUT2D eigenvalue weighted by Gasteiger charge is 2.25. The molecule has 0 unspecified atom stereocenters. The van der Waals surface area contributed by atoms with Crippen LogP contribution in [0.2, 0.25) is 0 Å². The van der Waals surface area contributed by atoms with Crippen molar-refractivity contribution in [3.05, 3.63) is 41.4 Å². The molecule has 1 fully saturated rings. The van der Waals surface area contributed by atoms with Crippen LogP contribution >= 0.6 is 11.3 Å². The molecule has 0 radical (unpaired) electrons. The number of aromatic nitrogens is 4. The lowest BCUT2D eigenvalue weighted by molar-refractivity contribution is 0.0717. The molecule has 1 aliphatic heterocycles. The molecular formula is C19H26N6OS. The van der Waals surface area contributed by atoms with E-state index in [1.54, 1.807) is 17.5 Å². The van der Waals surface area contributed by atoms with E-state index >= 15 is 0 Å². The third kappa shape index (κ3) is 4.06. The molecule has 7 nitrogen and oxygen atoms in total. The van der Waals surface area contributed by atoms with Crippen molar-refractivity contribution in [1.29, 1.82) is 0 Å². The Bertz CT molecular complexity index is 877. The predicted octanol–water partition coefficient (Wildman–Crippen LogP) is 2.79. The Morgan fingerprint density at radius 2 is 2.15 bits per heavy atom. The quantitative estimate of drug-likeness (QED) is 0.678. The number of amides is 1. The first-order valence-electron chi connectivity index (χ1n) is 9.67. The second-order valence-corrected chi connectivity index (χ2v) is 8.03. The van der Waals surface area contributed by atoms with Gasteiger partial charge in [0, 0.05) is 56.2 Å². The molecule has 1 N–H and O–H groups in total. The minimum absolute atomic E-state index is 0.0756. The number of aryl methyl sites for hydroxylation is 1. The lowest BCUT2D eigenvalue weighted by atomic mass is 10.1. The molecule has 4 heterocycles. The molecule has 8 heteroatoms. The highest BCUT2D eigenvalue weighted by atomic mass is 32.1. The Balaban J connectivity index is 1.45. The maximum atomic E-state index is 13.0. The first-order chi connectivity index (χ1) is 13.2. The number of imidazole rings is 1. The van der Waals surface area contributed by atoms with Gasteiger partial charge in [-0.3, -0.25) is 13.9 Å². The molecule has 0 bridgehead atoms. The van der Waals surface area contributed by atoms with Crippen LogP contribution in [0, 0.1) is 0 Å². The first-order valence-corrected chi connectivity index (χ1v) is 10.5. The van der Waals surface area contributed by atoms with Crippen LogP contribution in [0.15, 0.2) is 30.0 Å². The monoisotopic (exact) mass is 386 g/mol. The molecule has 0 aromatic carbocycles. The number of likely N-dealkylation sites (tertiary alicyclic amines) is 1. The molecule has 0 aliphatic carbocycles. The van der Waals surface area contributed by atoms with Crippen molar-refractivity contribution in [2.24, 2.45) is 0 Å². The van der Waals surface area contributed by atoms with E-state index < -0.39 is 0 Å². The Morgan fingerprint density at radius 1 is 1.30 bits per heavy atom. The Hall–Kier alpha value is -2.19. The van der Waals surface area contributed by atoms with Crippen molar-refractivity contribution in [3.8, 4) is 0 Å². The second kappa shape index (κ2) is 8.22. The van der Waals surface area contributed by atoms with Crippen molar-refractivity contribution < 1.29 is 4.79 Å². The molecular weight excluding hydrogens is 360 g/mol. The maximum Gasteiger partial charge on any atom is 0.274 e. The van der Waals surface area contributed by atoms with Gasteiger partial charge in [-0.15, -0.1) is 11.3 Å². The molecule has 3 aromatic heterocycles. The van der Waals surface area contributed by atoms with Gasteiger partial charge in [0.15, 0.2) is 10.7 Å². The van der Waals surface area contributed by atoms with Crippen LogP contribution in [0.25, 0.3) is 4.96 Å². The minimum Gasteiger partial charge on any atom is -0.337 e. The average Bonchev–Trinajstić information content (AvgIpc) is 3.42. The third-order valence-corrected chi connectivity index (χ3v) is 5.93. The van der Waals surface area contributed by atoms with Crippen LogP contribution in [0.5, 0.6) is 0 Å². The van der Waals surface area contributed by atoms with Crippen LogP contribution in [-0.2, 0) is 13.1 Å². The summed E-state index contributed by atoms with van der Waals surface area (Å²) in [6, 6.07) is 2.26. The number of carbonyl (C=O) groups is 1. The lowest BCUT2D eigenvalue weighted by Crippen LogP contribution is -2.37. The molecule has 1 saturated heterocycles. The summed E-state index contributed by atoms with van der Waals surface area (Å²) in [5.41, 5.74) is 1.57. The molecule has 27 heavy (non-hydrogen) atoms. The normalized spacial score (nSPS) is 16.1. The van der Waals surface area contributed by atoms with Crippen LogP contribution in [-0.4, -0.2) is 49.1 Å². The highest BCUT2D eigenvalue weighted by Crippen LogP contribution is 2.21. The zero-order chi connectivity index (χ0) is 18.6. The van der Waals surface area contributed by atoms with Gasteiger partial charge in [-0.1, -0.05) is 0 Å². The number of carbonyl (C=O) groups excluding carboxylic acids is 1. The zero-order valence-electron chi connectivity index (χ0n) is 15.7. The van der Waals surface area contributed by atoms with E-state index in [9.17, 15) is 4.79 Å². The highest BCUT2D eigenvalue weighted by molar-refractivity contribution is 7.15. The van der Waals surface area contributed by atoms with Gasteiger partial charge in [-0.2, -0.15) is 5.10 Å². The van der Waals surface area contributed by atoms with Gasteiger partial charge in [0.05, 0.1) is 5.69 Å². The Labute approximate surface area is 163 Å². The fraction of sp³-hybridized carbons (Fsp3) is 0.526. The van der Waals surface area contributed by atoms with Crippen molar-refractivity contribution in [3.63, 3.8) is 0 Å². The molecule has 0 spiro atoms. The summed E-state index contributed by atoms with van der Waals surface area (Å²) >= 11 is 1.57. The van der Waals surface area contributed by atoms with E-state index in [0.29, 0.717) is 18.3 Å². The number of hydrogen-bond donors (Lipinski definition) is 1. The van der Waals surface area contributed by atoms with Gasteiger partial charge in [-0.05, 0) is 38.7 Å². The van der Waals surface area contributed by atoms with E-state index in [1.165, 1.54) is 6.42 Å². The number of nitrogens with one attached hydrogen (secondary N) is 1. The standard InChI is InChI=1S/C19H26N6OS/c1-15(6-11-24-10-5-7-21-24)20-14-16-17(22-19-25(16)12-13-27-19)18(26)23-8-3-2-4-9-23/h5,7,10,12-13,15,20H,2-4,6,8-9,11,14H2,1H3/t15-/m1/s1. The van der Waals surface area contributed by atoms with Gasteiger partial charge in [0.1, 0.15) is 0 Å². The van der Waals surface area contributed by atoms with E-state index in [1.807, 2.05) is 33.4 Å². The third-order valence-electron chi connectivity index (χ3n) is 5.18. The van der Waals surface area contributed by atoms with Crippen molar-refractivity contribution in [2.75, 3.05) is 13.1 Å². The van der Waals surface area contributed by atoms with Crippen LogP contribution < -0.4 is 5.32 Å². The SMILES string of the molecule is C[C@H](CCn1cccn1)NCc1c(C(=O)N2CCCCC2)nc2sccn12. The number of nitrogens with zero attached hydrogens (tertiary/aromatic N) is 5. The molecule has 1 atom stereocenters. The Kier molecular flexibility index (Phi) is 5.54.